The summed E-state index contributed by atoms with van der Waals surface area (Å²) in [6.45, 7) is 4.34. The molecule has 0 saturated carbocycles. The van der Waals surface area contributed by atoms with Crippen LogP contribution in [0.5, 0.6) is 0 Å². The van der Waals surface area contributed by atoms with Crippen LogP contribution in [0.1, 0.15) is 75.5 Å². The molecule has 0 bridgehead atoms. The minimum Gasteiger partial charge on any atom is -0.462 e. The molecule has 1 aliphatic heterocycles. The van der Waals surface area contributed by atoms with Crippen molar-refractivity contribution < 1.29 is 23.9 Å². The van der Waals surface area contributed by atoms with Crippen LogP contribution in [-0.2, 0) is 16.0 Å². The second-order valence-corrected chi connectivity index (χ2v) is 8.33. The zero-order valence-electron chi connectivity index (χ0n) is 17.7. The summed E-state index contributed by atoms with van der Waals surface area (Å²) in [6.07, 6.45) is 3.02. The lowest BCUT2D eigenvalue weighted by Crippen LogP contribution is -2.30. The van der Waals surface area contributed by atoms with E-state index in [0.29, 0.717) is 53.9 Å². The van der Waals surface area contributed by atoms with Crippen molar-refractivity contribution in [3.8, 4) is 0 Å². The maximum absolute atomic E-state index is 12.3. The molecule has 1 N–H and O–H groups in total. The number of nitrogens with zero attached hydrogens (tertiary/aromatic N) is 1. The fraction of sp³-hybridized carbons (Fsp3) is 0.391. The summed E-state index contributed by atoms with van der Waals surface area (Å²) in [6, 6.07) is 8.59. The number of unbranched alkanes of at least 4 members (excludes halogenated alkanes) is 2. The van der Waals surface area contributed by atoms with Gasteiger partial charge >= 0.3 is 5.97 Å². The van der Waals surface area contributed by atoms with Gasteiger partial charge in [0.2, 0.25) is 5.91 Å². The Balaban J connectivity index is 1.44. The molecule has 1 aromatic carbocycles. The van der Waals surface area contributed by atoms with Gasteiger partial charge in [0.1, 0.15) is 5.00 Å². The standard InChI is InChI=1S/C23H26N2O5S/c1-3-15-14-18(23(29)30-4-2)20(31-15)24-19(26)12-6-5-9-13-25-21(27)16-10-7-8-11-17(16)22(25)28/h7-8,10-11,14H,3-6,9,12-13H2,1-2H3,(H,24,26). The topological polar surface area (TPSA) is 92.8 Å². The molecule has 164 valence electrons. The van der Waals surface area contributed by atoms with Gasteiger partial charge in [-0.25, -0.2) is 4.79 Å². The second kappa shape index (κ2) is 10.3. The van der Waals surface area contributed by atoms with Crippen LogP contribution in [0.3, 0.4) is 0 Å². The van der Waals surface area contributed by atoms with Crippen LogP contribution >= 0.6 is 11.3 Å². The van der Waals surface area contributed by atoms with Crippen LogP contribution in [0.2, 0.25) is 0 Å². The molecule has 0 spiro atoms. The zero-order chi connectivity index (χ0) is 22.4. The molecule has 0 radical (unpaired) electrons. The Hall–Kier alpha value is -3.00. The number of hydrogen-bond donors (Lipinski definition) is 1. The molecule has 7 nitrogen and oxygen atoms in total. The molecule has 0 atom stereocenters. The highest BCUT2D eigenvalue weighted by Crippen LogP contribution is 2.29. The minimum atomic E-state index is -0.435. The molecule has 3 rings (SSSR count). The van der Waals surface area contributed by atoms with E-state index in [1.807, 2.05) is 6.92 Å². The van der Waals surface area contributed by atoms with Gasteiger partial charge in [-0.15, -0.1) is 11.3 Å². The van der Waals surface area contributed by atoms with Crippen LogP contribution in [-0.4, -0.2) is 41.7 Å². The summed E-state index contributed by atoms with van der Waals surface area (Å²) in [4.78, 5) is 51.4. The molecule has 0 saturated heterocycles. The normalized spacial score (nSPS) is 12.8. The number of ether oxygens (including phenoxy) is 1. The molecule has 2 aromatic rings. The van der Waals surface area contributed by atoms with Gasteiger partial charge in [-0.05, 0) is 44.4 Å². The number of hydrogen-bond acceptors (Lipinski definition) is 6. The van der Waals surface area contributed by atoms with Gasteiger partial charge in [0.25, 0.3) is 11.8 Å². The molecule has 0 fully saturated rings. The Bertz CT molecular complexity index is 963. The maximum atomic E-state index is 12.3. The highest BCUT2D eigenvalue weighted by atomic mass is 32.1. The zero-order valence-corrected chi connectivity index (χ0v) is 18.5. The summed E-state index contributed by atoms with van der Waals surface area (Å²) >= 11 is 1.38. The molecule has 0 aliphatic carbocycles. The summed E-state index contributed by atoms with van der Waals surface area (Å²) < 4.78 is 5.07. The first kappa shape index (κ1) is 22.7. The fourth-order valence-electron chi connectivity index (χ4n) is 3.43. The predicted molar refractivity (Wildman–Crippen MR) is 119 cm³/mol. The number of amides is 3. The number of thiophene rings is 1. The van der Waals surface area contributed by atoms with E-state index in [-0.39, 0.29) is 24.3 Å². The molecule has 1 aliphatic rings. The van der Waals surface area contributed by atoms with Crippen molar-refractivity contribution in [1.29, 1.82) is 0 Å². The molecule has 31 heavy (non-hydrogen) atoms. The second-order valence-electron chi connectivity index (χ2n) is 7.20. The Morgan fingerprint density at radius 1 is 1.03 bits per heavy atom. The maximum Gasteiger partial charge on any atom is 0.341 e. The van der Waals surface area contributed by atoms with E-state index in [1.165, 1.54) is 16.2 Å². The van der Waals surface area contributed by atoms with E-state index < -0.39 is 5.97 Å². The third kappa shape index (κ3) is 5.19. The fourth-order valence-corrected chi connectivity index (χ4v) is 4.43. The van der Waals surface area contributed by atoms with E-state index >= 15 is 0 Å². The SMILES string of the molecule is CCOC(=O)c1cc(CC)sc1NC(=O)CCCCCN1C(=O)c2ccccc2C1=O. The first-order chi connectivity index (χ1) is 15.0. The minimum absolute atomic E-state index is 0.171. The first-order valence-corrected chi connectivity index (χ1v) is 11.3. The monoisotopic (exact) mass is 442 g/mol. The number of imide groups is 1. The van der Waals surface area contributed by atoms with Crippen molar-refractivity contribution in [1.82, 2.24) is 4.90 Å². The van der Waals surface area contributed by atoms with Gasteiger partial charge in [0, 0.05) is 17.8 Å². The lowest BCUT2D eigenvalue weighted by atomic mass is 10.1. The molecule has 0 unspecified atom stereocenters. The highest BCUT2D eigenvalue weighted by Gasteiger charge is 2.34. The first-order valence-electron chi connectivity index (χ1n) is 10.5. The Kier molecular flexibility index (Phi) is 7.57. The number of carbonyl (C=O) groups excluding carboxylic acids is 4. The van der Waals surface area contributed by atoms with Crippen molar-refractivity contribution in [3.05, 3.63) is 51.9 Å². The number of anilines is 1. The average molecular weight is 443 g/mol. The Labute approximate surface area is 185 Å². The average Bonchev–Trinajstić information content (AvgIpc) is 3.28. The molecular weight excluding hydrogens is 416 g/mol. The third-order valence-corrected chi connectivity index (χ3v) is 6.24. The number of carbonyl (C=O) groups is 4. The molecule has 2 heterocycles. The summed E-state index contributed by atoms with van der Waals surface area (Å²) in [5.74, 6) is -1.12. The van der Waals surface area contributed by atoms with Crippen molar-refractivity contribution in [2.24, 2.45) is 0 Å². The summed E-state index contributed by atoms with van der Waals surface area (Å²) in [5.41, 5.74) is 1.29. The van der Waals surface area contributed by atoms with E-state index in [2.05, 4.69) is 5.32 Å². The Morgan fingerprint density at radius 3 is 2.32 bits per heavy atom. The van der Waals surface area contributed by atoms with E-state index in [1.54, 1.807) is 37.3 Å². The van der Waals surface area contributed by atoms with Gasteiger partial charge in [-0.3, -0.25) is 19.3 Å². The third-order valence-electron chi connectivity index (χ3n) is 5.04. The summed E-state index contributed by atoms with van der Waals surface area (Å²) in [7, 11) is 0. The van der Waals surface area contributed by atoms with Crippen LogP contribution in [0.25, 0.3) is 0 Å². The van der Waals surface area contributed by atoms with E-state index in [0.717, 1.165) is 11.3 Å². The van der Waals surface area contributed by atoms with E-state index in [4.69, 9.17) is 4.74 Å². The number of benzene rings is 1. The lowest BCUT2D eigenvalue weighted by molar-refractivity contribution is -0.116. The quantitative estimate of drug-likeness (QED) is 0.337. The van der Waals surface area contributed by atoms with Crippen LogP contribution < -0.4 is 5.32 Å². The number of esters is 1. The van der Waals surface area contributed by atoms with Gasteiger partial charge in [-0.1, -0.05) is 25.5 Å². The number of fused-ring (bicyclic) bond motifs is 1. The largest absolute Gasteiger partial charge is 0.462 e. The highest BCUT2D eigenvalue weighted by molar-refractivity contribution is 7.16. The van der Waals surface area contributed by atoms with Crippen LogP contribution in [0.15, 0.2) is 30.3 Å². The smallest absolute Gasteiger partial charge is 0.341 e. The molecular formula is C23H26N2O5S. The van der Waals surface area contributed by atoms with Crippen LogP contribution in [0, 0.1) is 0 Å². The van der Waals surface area contributed by atoms with Crippen molar-refractivity contribution in [2.75, 3.05) is 18.5 Å². The molecule has 1 aromatic heterocycles. The van der Waals surface area contributed by atoms with Gasteiger partial charge in [0.15, 0.2) is 0 Å². The van der Waals surface area contributed by atoms with Gasteiger partial charge < -0.3 is 10.1 Å². The number of nitrogens with one attached hydrogen (secondary N) is 1. The lowest BCUT2D eigenvalue weighted by Gasteiger charge is -2.13. The van der Waals surface area contributed by atoms with Gasteiger partial charge in [-0.2, -0.15) is 0 Å². The molecule has 8 heteroatoms. The number of rotatable bonds is 10. The predicted octanol–water partition coefficient (Wildman–Crippen LogP) is 4.28. The van der Waals surface area contributed by atoms with Crippen molar-refractivity contribution >= 4 is 40.0 Å². The Morgan fingerprint density at radius 2 is 1.71 bits per heavy atom. The molecule has 3 amide bonds. The summed E-state index contributed by atoms with van der Waals surface area (Å²) in [5, 5.41) is 3.34. The van der Waals surface area contributed by atoms with Crippen LogP contribution in [0.4, 0.5) is 5.00 Å². The van der Waals surface area contributed by atoms with E-state index in [9.17, 15) is 19.2 Å². The van der Waals surface area contributed by atoms with Crippen molar-refractivity contribution in [2.45, 2.75) is 46.0 Å². The van der Waals surface area contributed by atoms with Gasteiger partial charge in [0.05, 0.1) is 23.3 Å². The van der Waals surface area contributed by atoms with Crippen molar-refractivity contribution in [3.63, 3.8) is 0 Å². The number of aryl methyl sites for hydroxylation is 1.